The second kappa shape index (κ2) is 4.31. The lowest BCUT2D eigenvalue weighted by molar-refractivity contribution is 0.102. The number of nitrogens with one attached hydrogen (secondary N) is 1. The van der Waals surface area contributed by atoms with Gasteiger partial charge in [0.05, 0.1) is 12.1 Å². The van der Waals surface area contributed by atoms with Gasteiger partial charge in [-0.3, -0.25) is 0 Å². The van der Waals surface area contributed by atoms with Crippen LogP contribution < -0.4 is 5.32 Å². The predicted molar refractivity (Wildman–Crippen MR) is 64.7 cm³/mol. The fraction of sp³-hybridized carbons (Fsp3) is 0.462. The Balaban J connectivity index is 1.90. The van der Waals surface area contributed by atoms with E-state index in [1.807, 2.05) is 24.4 Å². The quantitative estimate of drug-likeness (QED) is 0.905. The summed E-state index contributed by atoms with van der Waals surface area (Å²) in [6.45, 7) is -0.253. The van der Waals surface area contributed by atoms with Crippen molar-refractivity contribution >= 4 is 5.52 Å². The van der Waals surface area contributed by atoms with E-state index in [1.165, 1.54) is 0 Å². The predicted octanol–water partition coefficient (Wildman–Crippen LogP) is 2.57. The monoisotopic (exact) mass is 251 g/mol. The Kier molecular flexibility index (Phi) is 2.78. The molecule has 2 heterocycles. The number of hydrogen-bond donors (Lipinski definition) is 1. The van der Waals surface area contributed by atoms with Crippen LogP contribution in [-0.4, -0.2) is 22.6 Å². The molecule has 0 aromatic carbocycles. The van der Waals surface area contributed by atoms with Gasteiger partial charge in [-0.15, -0.1) is 0 Å². The Labute approximate surface area is 104 Å². The van der Waals surface area contributed by atoms with E-state index in [-0.39, 0.29) is 12.1 Å². The maximum atomic E-state index is 12.4. The third-order valence-corrected chi connectivity index (χ3v) is 3.75. The Hall–Kier alpha value is -1.49. The largest absolute Gasteiger partial charge is 0.302 e. The number of alkyl halides is 2. The summed E-state index contributed by atoms with van der Waals surface area (Å²) in [5.41, 5.74) is 1.78. The molecular weight excluding hydrogens is 236 g/mol. The molecule has 1 N–H and O–H groups in total. The number of hydrogen-bond acceptors (Lipinski definition) is 2. The SMILES string of the molecule is FC(F)CNC1(c2ccc3ccnn3c2)CCC1. The second-order valence-corrected chi connectivity index (χ2v) is 4.83. The van der Waals surface area contributed by atoms with E-state index < -0.39 is 6.43 Å². The van der Waals surface area contributed by atoms with Crippen LogP contribution in [0.15, 0.2) is 30.6 Å². The second-order valence-electron chi connectivity index (χ2n) is 4.83. The Bertz CT molecular complexity index is 546. The van der Waals surface area contributed by atoms with Gasteiger partial charge in [0.2, 0.25) is 0 Å². The number of rotatable bonds is 4. The third kappa shape index (κ3) is 1.88. The summed E-state index contributed by atoms with van der Waals surface area (Å²) in [6, 6.07) is 5.91. The molecule has 0 unspecified atom stereocenters. The van der Waals surface area contributed by atoms with E-state index in [2.05, 4.69) is 10.4 Å². The molecule has 1 saturated carbocycles. The number of nitrogens with zero attached hydrogens (tertiary/aromatic N) is 2. The van der Waals surface area contributed by atoms with Crippen molar-refractivity contribution in [2.45, 2.75) is 31.2 Å². The zero-order chi connectivity index (χ0) is 12.6. The zero-order valence-electron chi connectivity index (χ0n) is 9.94. The minimum Gasteiger partial charge on any atom is -0.302 e. The molecule has 3 rings (SSSR count). The number of pyridine rings is 1. The van der Waals surface area contributed by atoms with Crippen LogP contribution >= 0.6 is 0 Å². The van der Waals surface area contributed by atoms with Crippen LogP contribution in [0.3, 0.4) is 0 Å². The van der Waals surface area contributed by atoms with Gasteiger partial charge in [0.25, 0.3) is 6.43 Å². The van der Waals surface area contributed by atoms with Crippen molar-refractivity contribution in [1.82, 2.24) is 14.9 Å². The van der Waals surface area contributed by atoms with Gasteiger partial charge >= 0.3 is 0 Å². The first kappa shape index (κ1) is 11.6. The molecule has 1 aliphatic carbocycles. The first-order valence-corrected chi connectivity index (χ1v) is 6.17. The van der Waals surface area contributed by atoms with Crippen molar-refractivity contribution in [3.63, 3.8) is 0 Å². The normalized spacial score (nSPS) is 18.2. The molecular formula is C13H15F2N3. The molecule has 0 saturated heterocycles. The van der Waals surface area contributed by atoms with Crippen LogP contribution in [-0.2, 0) is 5.54 Å². The lowest BCUT2D eigenvalue weighted by atomic mass is 9.72. The topological polar surface area (TPSA) is 29.3 Å². The minimum atomic E-state index is -2.31. The van der Waals surface area contributed by atoms with Gasteiger partial charge in [-0.1, -0.05) is 6.07 Å². The van der Waals surface area contributed by atoms with Crippen molar-refractivity contribution in [1.29, 1.82) is 0 Å². The number of fused-ring (bicyclic) bond motifs is 1. The maximum absolute atomic E-state index is 12.4. The fourth-order valence-electron chi connectivity index (χ4n) is 2.57. The maximum Gasteiger partial charge on any atom is 0.250 e. The Morgan fingerprint density at radius 3 is 2.83 bits per heavy atom. The average molecular weight is 251 g/mol. The molecule has 0 spiro atoms. The first-order valence-electron chi connectivity index (χ1n) is 6.17. The first-order chi connectivity index (χ1) is 8.70. The van der Waals surface area contributed by atoms with E-state index in [4.69, 9.17) is 0 Å². The summed E-state index contributed by atoms with van der Waals surface area (Å²) in [5.74, 6) is 0. The minimum absolute atomic E-state index is 0.253. The molecule has 0 aliphatic heterocycles. The van der Waals surface area contributed by atoms with Crippen LogP contribution in [0, 0.1) is 0 Å². The van der Waals surface area contributed by atoms with E-state index in [1.54, 1.807) is 10.7 Å². The molecule has 18 heavy (non-hydrogen) atoms. The van der Waals surface area contributed by atoms with Crippen LogP contribution in [0.2, 0.25) is 0 Å². The molecule has 1 fully saturated rings. The highest BCUT2D eigenvalue weighted by molar-refractivity contribution is 5.47. The number of aromatic nitrogens is 2. The van der Waals surface area contributed by atoms with Gasteiger partial charge in [0.15, 0.2) is 0 Å². The Morgan fingerprint density at radius 2 is 2.17 bits per heavy atom. The van der Waals surface area contributed by atoms with Gasteiger partial charge < -0.3 is 5.32 Å². The standard InChI is InChI=1S/C13H15F2N3/c14-12(15)8-16-13(5-1-6-13)10-2-3-11-4-7-17-18(11)9-10/h2-4,7,9,12,16H,1,5-6,8H2. The Morgan fingerprint density at radius 1 is 1.33 bits per heavy atom. The zero-order valence-corrected chi connectivity index (χ0v) is 9.94. The molecule has 5 heteroatoms. The van der Waals surface area contributed by atoms with Crippen molar-refractivity contribution < 1.29 is 8.78 Å². The molecule has 1 aliphatic rings. The van der Waals surface area contributed by atoms with E-state index in [0.717, 1.165) is 30.3 Å². The molecule has 96 valence electrons. The van der Waals surface area contributed by atoms with E-state index >= 15 is 0 Å². The lowest BCUT2D eigenvalue weighted by Gasteiger charge is -2.43. The van der Waals surface area contributed by atoms with Crippen molar-refractivity contribution in [3.8, 4) is 0 Å². The van der Waals surface area contributed by atoms with Crippen molar-refractivity contribution in [2.24, 2.45) is 0 Å². The highest BCUT2D eigenvalue weighted by atomic mass is 19.3. The van der Waals surface area contributed by atoms with Gasteiger partial charge in [0, 0.05) is 17.9 Å². The highest BCUT2D eigenvalue weighted by Gasteiger charge is 2.39. The van der Waals surface area contributed by atoms with Gasteiger partial charge in [0.1, 0.15) is 0 Å². The summed E-state index contributed by atoms with van der Waals surface area (Å²) in [7, 11) is 0. The fourth-order valence-corrected chi connectivity index (χ4v) is 2.57. The molecule has 2 aromatic heterocycles. The van der Waals surface area contributed by atoms with Crippen LogP contribution in [0.25, 0.3) is 5.52 Å². The smallest absolute Gasteiger partial charge is 0.250 e. The van der Waals surface area contributed by atoms with Gasteiger partial charge in [-0.2, -0.15) is 5.10 Å². The van der Waals surface area contributed by atoms with Gasteiger partial charge in [-0.05, 0) is 37.0 Å². The van der Waals surface area contributed by atoms with E-state index in [9.17, 15) is 8.78 Å². The molecule has 3 nitrogen and oxygen atoms in total. The summed E-state index contributed by atoms with van der Waals surface area (Å²) < 4.78 is 26.5. The summed E-state index contributed by atoms with van der Waals surface area (Å²) in [6.07, 6.45) is 4.26. The van der Waals surface area contributed by atoms with E-state index in [0.29, 0.717) is 0 Å². The molecule has 0 bridgehead atoms. The van der Waals surface area contributed by atoms with Gasteiger partial charge in [-0.25, -0.2) is 13.3 Å². The van der Waals surface area contributed by atoms with Crippen LogP contribution in [0.1, 0.15) is 24.8 Å². The molecule has 0 radical (unpaired) electrons. The lowest BCUT2D eigenvalue weighted by Crippen LogP contribution is -2.49. The van der Waals surface area contributed by atoms with Crippen LogP contribution in [0.4, 0.5) is 8.78 Å². The third-order valence-electron chi connectivity index (χ3n) is 3.75. The van der Waals surface area contributed by atoms with Crippen LogP contribution in [0.5, 0.6) is 0 Å². The summed E-state index contributed by atoms with van der Waals surface area (Å²) in [4.78, 5) is 0. The van der Waals surface area contributed by atoms with Crippen molar-refractivity contribution in [3.05, 3.63) is 36.2 Å². The molecule has 0 amide bonds. The van der Waals surface area contributed by atoms with Crippen molar-refractivity contribution in [2.75, 3.05) is 6.54 Å². The highest BCUT2D eigenvalue weighted by Crippen LogP contribution is 2.41. The number of halogens is 2. The average Bonchev–Trinajstić information content (AvgIpc) is 2.74. The summed E-state index contributed by atoms with van der Waals surface area (Å²) in [5, 5.41) is 7.20. The molecule has 0 atom stereocenters. The molecule has 2 aromatic rings. The summed E-state index contributed by atoms with van der Waals surface area (Å²) >= 11 is 0.